The molecule has 0 unspecified atom stereocenters. The van der Waals surface area contributed by atoms with Gasteiger partial charge in [-0.05, 0) is 26.1 Å². The summed E-state index contributed by atoms with van der Waals surface area (Å²) in [7, 11) is 0. The minimum atomic E-state index is 0.788. The van der Waals surface area contributed by atoms with Crippen molar-refractivity contribution in [2.45, 2.75) is 13.8 Å². The van der Waals surface area contributed by atoms with Crippen LogP contribution in [0.5, 0.6) is 0 Å². The number of rotatable bonds is 1. The molecule has 0 saturated carbocycles. The van der Waals surface area contributed by atoms with Gasteiger partial charge in [0.2, 0.25) is 0 Å². The molecule has 0 bridgehead atoms. The molecule has 58 valence electrons. The molecule has 0 radical (unpaired) electrons. The molecular formula is C8H10N2S. The van der Waals surface area contributed by atoms with E-state index in [4.69, 9.17) is 12.2 Å². The molecule has 11 heavy (non-hydrogen) atoms. The van der Waals surface area contributed by atoms with E-state index < -0.39 is 0 Å². The van der Waals surface area contributed by atoms with E-state index >= 15 is 0 Å². The molecule has 0 aliphatic carbocycles. The second-order valence-electron chi connectivity index (χ2n) is 2.43. The van der Waals surface area contributed by atoms with Crippen LogP contribution in [0.4, 0.5) is 5.69 Å². The van der Waals surface area contributed by atoms with Crippen LogP contribution in [0.15, 0.2) is 11.2 Å². The summed E-state index contributed by atoms with van der Waals surface area (Å²) < 4.78 is 0.788. The maximum Gasteiger partial charge on any atom is 0.0995 e. The number of hydrogen-bond donors (Lipinski definition) is 1. The number of nitrogens with one attached hydrogen (secondary N) is 1. The zero-order valence-electron chi connectivity index (χ0n) is 6.64. The summed E-state index contributed by atoms with van der Waals surface area (Å²) in [5.41, 5.74) is 2.80. The quantitative estimate of drug-likeness (QED) is 0.504. The minimum absolute atomic E-state index is 0.788. The Bertz CT molecular complexity index is 338. The van der Waals surface area contributed by atoms with Crippen molar-refractivity contribution >= 4 is 24.6 Å². The average molecular weight is 166 g/mol. The Kier molecular flexibility index (Phi) is 2.19. The lowest BCUT2D eigenvalue weighted by molar-refractivity contribution is 1.15. The fraction of sp³-hybridized carbons (Fsp3) is 0.250. The van der Waals surface area contributed by atoms with Gasteiger partial charge >= 0.3 is 0 Å². The molecule has 0 saturated heterocycles. The molecule has 1 aromatic rings. The Balaban J connectivity index is 3.54. The molecular weight excluding hydrogens is 156 g/mol. The molecule has 0 aliphatic rings. The molecule has 0 aliphatic heterocycles. The number of aromatic amines is 1. The molecule has 0 spiro atoms. The van der Waals surface area contributed by atoms with Crippen molar-refractivity contribution in [3.8, 4) is 0 Å². The number of pyridine rings is 1. The standard InChI is InChI=1S/C8H10N2S/c1-5-4-10-6(2)7(9-3)8(5)11/h4H,3H2,1-2H3,(H,10,11). The predicted molar refractivity (Wildman–Crippen MR) is 50.3 cm³/mol. The monoisotopic (exact) mass is 166 g/mol. The first-order valence-corrected chi connectivity index (χ1v) is 3.73. The van der Waals surface area contributed by atoms with Crippen LogP contribution in [0.1, 0.15) is 11.3 Å². The van der Waals surface area contributed by atoms with Crippen molar-refractivity contribution < 1.29 is 0 Å². The van der Waals surface area contributed by atoms with Crippen LogP contribution in [-0.4, -0.2) is 11.7 Å². The van der Waals surface area contributed by atoms with E-state index in [1.807, 2.05) is 20.0 Å². The zero-order valence-corrected chi connectivity index (χ0v) is 7.46. The largest absolute Gasteiger partial charge is 0.363 e. The summed E-state index contributed by atoms with van der Waals surface area (Å²) in [6.45, 7) is 7.34. The van der Waals surface area contributed by atoms with Gasteiger partial charge in [0.15, 0.2) is 0 Å². The van der Waals surface area contributed by atoms with Gasteiger partial charge < -0.3 is 4.98 Å². The first kappa shape index (κ1) is 8.14. The highest BCUT2D eigenvalue weighted by molar-refractivity contribution is 7.71. The number of nitrogens with zero attached hydrogens (tertiary/aromatic N) is 1. The van der Waals surface area contributed by atoms with Gasteiger partial charge in [-0.2, -0.15) is 0 Å². The summed E-state index contributed by atoms with van der Waals surface area (Å²) >= 11 is 5.13. The Hall–Kier alpha value is -0.960. The lowest BCUT2D eigenvalue weighted by Gasteiger charge is -2.01. The van der Waals surface area contributed by atoms with Crippen molar-refractivity contribution in [1.82, 2.24) is 4.98 Å². The van der Waals surface area contributed by atoms with Gasteiger partial charge in [-0.3, -0.25) is 4.99 Å². The first-order valence-electron chi connectivity index (χ1n) is 3.32. The van der Waals surface area contributed by atoms with E-state index in [2.05, 4.69) is 16.7 Å². The Morgan fingerprint density at radius 2 is 2.18 bits per heavy atom. The third kappa shape index (κ3) is 1.38. The highest BCUT2D eigenvalue weighted by Crippen LogP contribution is 2.19. The van der Waals surface area contributed by atoms with Crippen molar-refractivity contribution in [2.24, 2.45) is 4.99 Å². The van der Waals surface area contributed by atoms with Gasteiger partial charge in [-0.1, -0.05) is 12.2 Å². The van der Waals surface area contributed by atoms with Crippen molar-refractivity contribution in [3.05, 3.63) is 22.0 Å². The van der Waals surface area contributed by atoms with Gasteiger partial charge in [0.25, 0.3) is 0 Å². The summed E-state index contributed by atoms with van der Waals surface area (Å²) in [6.07, 6.45) is 1.88. The SMILES string of the molecule is C=Nc1c(C)[nH]cc(C)c1=S. The van der Waals surface area contributed by atoms with Gasteiger partial charge in [0.05, 0.1) is 10.2 Å². The lowest BCUT2D eigenvalue weighted by Crippen LogP contribution is -1.84. The van der Waals surface area contributed by atoms with Gasteiger partial charge in [0.1, 0.15) is 0 Å². The van der Waals surface area contributed by atoms with Gasteiger partial charge in [-0.15, -0.1) is 0 Å². The van der Waals surface area contributed by atoms with Crippen LogP contribution in [0.2, 0.25) is 0 Å². The van der Waals surface area contributed by atoms with E-state index in [0.29, 0.717) is 0 Å². The average Bonchev–Trinajstić information content (AvgIpc) is 1.99. The second kappa shape index (κ2) is 2.96. The fourth-order valence-corrected chi connectivity index (χ4v) is 1.17. The number of aliphatic imine (C=N–C) groups is 1. The van der Waals surface area contributed by atoms with Crippen LogP contribution in [0.3, 0.4) is 0 Å². The number of aromatic nitrogens is 1. The molecule has 0 atom stereocenters. The molecule has 2 nitrogen and oxygen atoms in total. The summed E-state index contributed by atoms with van der Waals surface area (Å²) in [5, 5.41) is 0. The third-order valence-corrected chi connectivity index (χ3v) is 2.11. The van der Waals surface area contributed by atoms with Crippen LogP contribution in [-0.2, 0) is 0 Å². The van der Waals surface area contributed by atoms with Gasteiger partial charge in [0, 0.05) is 11.9 Å². The van der Waals surface area contributed by atoms with Crippen molar-refractivity contribution in [2.75, 3.05) is 0 Å². The zero-order chi connectivity index (χ0) is 8.43. The number of H-pyrrole nitrogens is 1. The second-order valence-corrected chi connectivity index (χ2v) is 2.84. The van der Waals surface area contributed by atoms with E-state index in [9.17, 15) is 0 Å². The third-order valence-electron chi connectivity index (χ3n) is 1.59. The minimum Gasteiger partial charge on any atom is -0.363 e. The first-order chi connectivity index (χ1) is 5.16. The maximum atomic E-state index is 5.13. The summed E-state index contributed by atoms with van der Waals surface area (Å²) in [5.74, 6) is 0. The van der Waals surface area contributed by atoms with Crippen LogP contribution in [0.25, 0.3) is 0 Å². The molecule has 0 fully saturated rings. The summed E-state index contributed by atoms with van der Waals surface area (Å²) in [6, 6.07) is 0. The van der Waals surface area contributed by atoms with E-state index in [1.54, 1.807) is 0 Å². The van der Waals surface area contributed by atoms with Crippen LogP contribution < -0.4 is 0 Å². The van der Waals surface area contributed by atoms with E-state index in [0.717, 1.165) is 21.5 Å². The highest BCUT2D eigenvalue weighted by atomic mass is 32.1. The van der Waals surface area contributed by atoms with Crippen molar-refractivity contribution in [3.63, 3.8) is 0 Å². The van der Waals surface area contributed by atoms with Gasteiger partial charge in [-0.25, -0.2) is 0 Å². The highest BCUT2D eigenvalue weighted by Gasteiger charge is 1.98. The molecule has 1 N–H and O–H groups in total. The lowest BCUT2D eigenvalue weighted by atomic mass is 10.2. The summed E-state index contributed by atoms with van der Waals surface area (Å²) in [4.78, 5) is 6.90. The molecule has 3 heteroatoms. The Morgan fingerprint density at radius 3 is 2.64 bits per heavy atom. The molecule has 1 aromatic heterocycles. The molecule has 0 amide bonds. The Morgan fingerprint density at radius 1 is 1.55 bits per heavy atom. The smallest absolute Gasteiger partial charge is 0.0995 e. The fourth-order valence-electron chi connectivity index (χ4n) is 0.898. The molecule has 1 rings (SSSR count). The maximum absolute atomic E-state index is 5.13. The topological polar surface area (TPSA) is 28.1 Å². The predicted octanol–water partition coefficient (Wildman–Crippen LogP) is 2.69. The number of aryl methyl sites for hydroxylation is 2. The number of hydrogen-bond acceptors (Lipinski definition) is 2. The molecule has 1 heterocycles. The van der Waals surface area contributed by atoms with E-state index in [1.165, 1.54) is 0 Å². The van der Waals surface area contributed by atoms with E-state index in [-0.39, 0.29) is 0 Å². The normalized spacial score (nSPS) is 9.64. The Labute approximate surface area is 71.0 Å². The molecule has 0 aromatic carbocycles. The van der Waals surface area contributed by atoms with Crippen LogP contribution in [0, 0.1) is 18.4 Å². The van der Waals surface area contributed by atoms with Crippen LogP contribution >= 0.6 is 12.2 Å². The van der Waals surface area contributed by atoms with Crippen molar-refractivity contribution in [1.29, 1.82) is 0 Å².